The van der Waals surface area contributed by atoms with Crippen LogP contribution in [0.3, 0.4) is 0 Å². The predicted octanol–water partition coefficient (Wildman–Crippen LogP) is 2.63. The minimum Gasteiger partial charge on any atom is -0.465 e. The SMILES string of the molecule is CCOC(=O)C(c1ccccc1)N1CCC(C)C1. The molecule has 0 aromatic heterocycles. The van der Waals surface area contributed by atoms with Crippen LogP contribution in [0.1, 0.15) is 31.9 Å². The lowest BCUT2D eigenvalue weighted by molar-refractivity contribution is -0.149. The van der Waals surface area contributed by atoms with Crippen molar-refractivity contribution in [1.29, 1.82) is 0 Å². The smallest absolute Gasteiger partial charge is 0.327 e. The summed E-state index contributed by atoms with van der Waals surface area (Å²) in [5.74, 6) is 0.531. The normalized spacial score (nSPS) is 21.8. The van der Waals surface area contributed by atoms with Gasteiger partial charge in [-0.05, 0) is 31.4 Å². The highest BCUT2D eigenvalue weighted by molar-refractivity contribution is 5.77. The number of hydrogen-bond donors (Lipinski definition) is 0. The van der Waals surface area contributed by atoms with Gasteiger partial charge in [-0.15, -0.1) is 0 Å². The number of rotatable bonds is 4. The molecule has 1 aliphatic heterocycles. The topological polar surface area (TPSA) is 29.5 Å². The quantitative estimate of drug-likeness (QED) is 0.766. The van der Waals surface area contributed by atoms with Crippen LogP contribution in [0.5, 0.6) is 0 Å². The zero-order valence-corrected chi connectivity index (χ0v) is 11.1. The van der Waals surface area contributed by atoms with Crippen molar-refractivity contribution < 1.29 is 9.53 Å². The first kappa shape index (κ1) is 13.1. The first-order valence-electron chi connectivity index (χ1n) is 6.68. The fourth-order valence-corrected chi connectivity index (χ4v) is 2.56. The van der Waals surface area contributed by atoms with Crippen LogP contribution in [0.15, 0.2) is 30.3 Å². The van der Waals surface area contributed by atoms with E-state index in [-0.39, 0.29) is 12.0 Å². The lowest BCUT2D eigenvalue weighted by Gasteiger charge is -2.26. The zero-order valence-electron chi connectivity index (χ0n) is 11.1. The van der Waals surface area contributed by atoms with Crippen molar-refractivity contribution in [3.05, 3.63) is 35.9 Å². The van der Waals surface area contributed by atoms with Crippen LogP contribution in [0.4, 0.5) is 0 Å². The summed E-state index contributed by atoms with van der Waals surface area (Å²) in [6.45, 7) is 6.46. The number of hydrogen-bond acceptors (Lipinski definition) is 3. The van der Waals surface area contributed by atoms with Crippen LogP contribution in [-0.2, 0) is 9.53 Å². The summed E-state index contributed by atoms with van der Waals surface area (Å²) < 4.78 is 5.23. The molecule has 0 radical (unpaired) electrons. The third-order valence-electron chi connectivity index (χ3n) is 3.45. The van der Waals surface area contributed by atoms with Crippen LogP contribution in [0.2, 0.25) is 0 Å². The molecule has 0 aliphatic carbocycles. The molecule has 0 spiro atoms. The molecule has 0 amide bonds. The number of carbonyl (C=O) groups excluding carboxylic acids is 1. The minimum absolute atomic E-state index is 0.127. The Kier molecular flexibility index (Phi) is 4.37. The summed E-state index contributed by atoms with van der Waals surface area (Å²) in [5.41, 5.74) is 1.03. The molecule has 1 saturated heterocycles. The van der Waals surface area contributed by atoms with Gasteiger partial charge in [-0.1, -0.05) is 37.3 Å². The highest BCUT2D eigenvalue weighted by atomic mass is 16.5. The average Bonchev–Trinajstić information content (AvgIpc) is 2.78. The fraction of sp³-hybridized carbons (Fsp3) is 0.533. The monoisotopic (exact) mass is 247 g/mol. The van der Waals surface area contributed by atoms with E-state index < -0.39 is 0 Å². The van der Waals surface area contributed by atoms with Crippen LogP contribution in [-0.4, -0.2) is 30.6 Å². The highest BCUT2D eigenvalue weighted by Gasteiger charge is 2.32. The second-order valence-corrected chi connectivity index (χ2v) is 4.95. The second-order valence-electron chi connectivity index (χ2n) is 4.95. The summed E-state index contributed by atoms with van der Waals surface area (Å²) in [6.07, 6.45) is 1.16. The molecule has 1 fully saturated rings. The Labute approximate surface area is 109 Å². The molecule has 1 heterocycles. The van der Waals surface area contributed by atoms with Gasteiger partial charge in [0.25, 0.3) is 0 Å². The second kappa shape index (κ2) is 6.01. The lowest BCUT2D eigenvalue weighted by atomic mass is 10.1. The van der Waals surface area contributed by atoms with Crippen molar-refractivity contribution in [2.24, 2.45) is 5.92 Å². The van der Waals surface area contributed by atoms with Crippen LogP contribution < -0.4 is 0 Å². The Morgan fingerprint density at radius 2 is 2.17 bits per heavy atom. The number of likely N-dealkylation sites (tertiary alicyclic amines) is 1. The Morgan fingerprint density at radius 1 is 1.44 bits per heavy atom. The summed E-state index contributed by atoms with van der Waals surface area (Å²) in [4.78, 5) is 14.4. The van der Waals surface area contributed by atoms with E-state index in [2.05, 4.69) is 11.8 Å². The molecule has 0 saturated carbocycles. The Balaban J connectivity index is 2.20. The number of benzene rings is 1. The van der Waals surface area contributed by atoms with Gasteiger partial charge in [0.05, 0.1) is 6.61 Å². The number of carbonyl (C=O) groups is 1. The first-order valence-corrected chi connectivity index (χ1v) is 6.68. The molecule has 3 nitrogen and oxygen atoms in total. The Hall–Kier alpha value is -1.35. The van der Waals surface area contributed by atoms with Crippen molar-refractivity contribution in [2.45, 2.75) is 26.3 Å². The first-order chi connectivity index (χ1) is 8.72. The molecule has 2 rings (SSSR count). The molecular formula is C15H21NO2. The van der Waals surface area contributed by atoms with Gasteiger partial charge in [0.2, 0.25) is 0 Å². The standard InChI is InChI=1S/C15H21NO2/c1-3-18-15(17)14(13-7-5-4-6-8-13)16-10-9-12(2)11-16/h4-8,12,14H,3,9-11H2,1-2H3. The summed E-state index contributed by atoms with van der Waals surface area (Å²) in [6, 6.07) is 9.69. The Bertz CT molecular complexity index is 391. The van der Waals surface area contributed by atoms with Crippen molar-refractivity contribution in [3.8, 4) is 0 Å². The van der Waals surface area contributed by atoms with Gasteiger partial charge in [0, 0.05) is 6.54 Å². The maximum atomic E-state index is 12.2. The van der Waals surface area contributed by atoms with Gasteiger partial charge in [0.1, 0.15) is 6.04 Å². The number of esters is 1. The predicted molar refractivity (Wildman–Crippen MR) is 71.2 cm³/mol. The summed E-state index contributed by atoms with van der Waals surface area (Å²) in [5, 5.41) is 0. The van der Waals surface area contributed by atoms with Crippen LogP contribution in [0, 0.1) is 5.92 Å². The Morgan fingerprint density at radius 3 is 2.72 bits per heavy atom. The lowest BCUT2D eigenvalue weighted by Crippen LogP contribution is -2.33. The molecule has 1 aromatic rings. The van der Waals surface area contributed by atoms with Crippen LogP contribution in [0.25, 0.3) is 0 Å². The molecule has 1 aromatic carbocycles. The van der Waals surface area contributed by atoms with E-state index in [1.54, 1.807) is 0 Å². The molecule has 3 heteroatoms. The molecule has 2 unspecified atom stereocenters. The van der Waals surface area contributed by atoms with Gasteiger partial charge in [-0.3, -0.25) is 4.90 Å². The minimum atomic E-state index is -0.240. The molecule has 0 bridgehead atoms. The molecule has 1 aliphatic rings. The molecular weight excluding hydrogens is 226 g/mol. The molecule has 98 valence electrons. The van der Waals surface area contributed by atoms with E-state index in [0.29, 0.717) is 12.5 Å². The van der Waals surface area contributed by atoms with E-state index in [0.717, 1.165) is 25.1 Å². The molecule has 2 atom stereocenters. The van der Waals surface area contributed by atoms with E-state index in [1.807, 2.05) is 37.3 Å². The van der Waals surface area contributed by atoms with E-state index in [9.17, 15) is 4.79 Å². The van der Waals surface area contributed by atoms with Crippen molar-refractivity contribution in [3.63, 3.8) is 0 Å². The van der Waals surface area contributed by atoms with Gasteiger partial charge < -0.3 is 4.74 Å². The largest absolute Gasteiger partial charge is 0.465 e. The summed E-state index contributed by atoms with van der Waals surface area (Å²) in [7, 11) is 0. The number of ether oxygens (including phenoxy) is 1. The molecule has 18 heavy (non-hydrogen) atoms. The van der Waals surface area contributed by atoms with Crippen molar-refractivity contribution >= 4 is 5.97 Å². The van der Waals surface area contributed by atoms with E-state index >= 15 is 0 Å². The average molecular weight is 247 g/mol. The maximum absolute atomic E-state index is 12.2. The van der Waals surface area contributed by atoms with Gasteiger partial charge >= 0.3 is 5.97 Å². The van der Waals surface area contributed by atoms with Crippen molar-refractivity contribution in [2.75, 3.05) is 19.7 Å². The highest BCUT2D eigenvalue weighted by Crippen LogP contribution is 2.28. The van der Waals surface area contributed by atoms with E-state index in [4.69, 9.17) is 4.74 Å². The van der Waals surface area contributed by atoms with Gasteiger partial charge in [-0.25, -0.2) is 4.79 Å². The van der Waals surface area contributed by atoms with Crippen molar-refractivity contribution in [1.82, 2.24) is 4.90 Å². The zero-order chi connectivity index (χ0) is 13.0. The van der Waals surface area contributed by atoms with Gasteiger partial charge in [-0.2, -0.15) is 0 Å². The third kappa shape index (κ3) is 2.91. The third-order valence-corrected chi connectivity index (χ3v) is 3.45. The number of nitrogens with zero attached hydrogens (tertiary/aromatic N) is 1. The maximum Gasteiger partial charge on any atom is 0.327 e. The van der Waals surface area contributed by atoms with Crippen LogP contribution >= 0.6 is 0 Å². The molecule has 0 N–H and O–H groups in total. The van der Waals surface area contributed by atoms with E-state index in [1.165, 1.54) is 0 Å². The van der Waals surface area contributed by atoms with Gasteiger partial charge in [0.15, 0.2) is 0 Å². The fourth-order valence-electron chi connectivity index (χ4n) is 2.56. The summed E-state index contributed by atoms with van der Waals surface area (Å²) >= 11 is 0.